The van der Waals surface area contributed by atoms with Crippen molar-refractivity contribution in [2.24, 2.45) is 0 Å². The summed E-state index contributed by atoms with van der Waals surface area (Å²) in [5, 5.41) is 3.89. The van der Waals surface area contributed by atoms with Gasteiger partial charge in [-0.3, -0.25) is 8.42 Å². The molecular formula is C26H22ClFO4S2. The van der Waals surface area contributed by atoms with Gasteiger partial charge in [-0.1, -0.05) is 35.9 Å². The monoisotopic (exact) mass is 516 g/mol. The van der Waals surface area contributed by atoms with Crippen LogP contribution >= 0.6 is 11.6 Å². The lowest BCUT2D eigenvalue weighted by molar-refractivity contribution is 0.557. The van der Waals surface area contributed by atoms with E-state index in [0.29, 0.717) is 28.0 Å². The van der Waals surface area contributed by atoms with Crippen molar-refractivity contribution >= 4 is 45.4 Å². The number of furan rings is 2. The van der Waals surface area contributed by atoms with E-state index in [1.165, 1.54) is 12.1 Å². The molecule has 2 atom stereocenters. The first-order valence-corrected chi connectivity index (χ1v) is 13.3. The van der Waals surface area contributed by atoms with Gasteiger partial charge in [0, 0.05) is 15.8 Å². The van der Waals surface area contributed by atoms with Crippen molar-refractivity contribution in [1.82, 2.24) is 0 Å². The number of benzene rings is 2. The lowest BCUT2D eigenvalue weighted by atomic mass is 10.2. The maximum atomic E-state index is 12.7. The summed E-state index contributed by atoms with van der Waals surface area (Å²) in [6.45, 7) is 0. The molecule has 34 heavy (non-hydrogen) atoms. The molecule has 0 radical (unpaired) electrons. The highest BCUT2D eigenvalue weighted by Crippen LogP contribution is 2.12. The van der Waals surface area contributed by atoms with Gasteiger partial charge in [-0.05, 0) is 71.8 Å². The van der Waals surface area contributed by atoms with Crippen LogP contribution in [-0.4, -0.2) is 8.42 Å². The van der Waals surface area contributed by atoms with E-state index < -0.39 is 21.6 Å². The Bertz CT molecular complexity index is 1130. The van der Waals surface area contributed by atoms with E-state index in [9.17, 15) is 12.8 Å². The van der Waals surface area contributed by atoms with Gasteiger partial charge in [0.05, 0.1) is 45.6 Å². The molecule has 0 fully saturated rings. The third kappa shape index (κ3) is 9.47. The molecule has 0 saturated carbocycles. The molecule has 2 heterocycles. The largest absolute Gasteiger partial charge is 0.465 e. The Balaban J connectivity index is 0.000000191. The van der Waals surface area contributed by atoms with Crippen LogP contribution in [0.1, 0.15) is 22.6 Å². The maximum absolute atomic E-state index is 12.7. The molecule has 2 unspecified atom stereocenters. The second-order valence-electron chi connectivity index (χ2n) is 6.94. The second-order valence-corrected chi connectivity index (χ2v) is 10.0. The minimum absolute atomic E-state index is 0.286. The average Bonchev–Trinajstić information content (AvgIpc) is 3.54. The Morgan fingerprint density at radius 3 is 1.56 bits per heavy atom. The molecule has 4 nitrogen and oxygen atoms in total. The second kappa shape index (κ2) is 13.6. The molecule has 0 spiro atoms. The van der Waals surface area contributed by atoms with E-state index in [2.05, 4.69) is 0 Å². The van der Waals surface area contributed by atoms with Gasteiger partial charge in [-0.25, -0.2) is 4.39 Å². The highest BCUT2D eigenvalue weighted by Gasteiger charge is 2.00. The summed E-state index contributed by atoms with van der Waals surface area (Å²) in [4.78, 5) is 0. The third-order valence-electron chi connectivity index (χ3n) is 4.30. The fourth-order valence-corrected chi connectivity index (χ4v) is 4.58. The Labute approximate surface area is 207 Å². The molecule has 0 aliphatic carbocycles. The first-order valence-electron chi connectivity index (χ1n) is 10.1. The van der Waals surface area contributed by atoms with E-state index in [1.807, 2.05) is 18.2 Å². The highest BCUT2D eigenvalue weighted by atomic mass is 35.5. The summed E-state index contributed by atoms with van der Waals surface area (Å²) in [6.07, 6.45) is 6.52. The first kappa shape index (κ1) is 25.6. The third-order valence-corrected chi connectivity index (χ3v) is 6.67. The molecule has 0 N–H and O–H groups in total. The van der Waals surface area contributed by atoms with Gasteiger partial charge in [0.2, 0.25) is 0 Å². The van der Waals surface area contributed by atoms with Gasteiger partial charge in [0.15, 0.2) is 0 Å². The molecule has 0 saturated heterocycles. The van der Waals surface area contributed by atoms with E-state index in [4.69, 9.17) is 20.4 Å². The number of rotatable bonds is 8. The first-order chi connectivity index (χ1) is 16.5. The quantitative estimate of drug-likeness (QED) is 0.248. The van der Waals surface area contributed by atoms with Crippen LogP contribution in [-0.2, 0) is 33.1 Å². The van der Waals surface area contributed by atoms with Crippen LogP contribution in [0.3, 0.4) is 0 Å². The standard InChI is InChI=1S/C13H11ClO2S.C13H11FO2S/c2*14-12-5-3-11(4-6-12)10-17(15)9-7-13-2-1-8-16-13/h2*1-9H,10H2. The topological polar surface area (TPSA) is 60.4 Å². The minimum atomic E-state index is -1.13. The molecule has 0 aliphatic heterocycles. The van der Waals surface area contributed by atoms with Crippen molar-refractivity contribution < 1.29 is 21.6 Å². The Hall–Kier alpha value is -3.00. The summed E-state index contributed by atoms with van der Waals surface area (Å²) in [5.74, 6) is 1.93. The van der Waals surface area contributed by atoms with Crippen LogP contribution in [0.15, 0.2) is 105 Å². The summed E-state index contributed by atoms with van der Waals surface area (Å²) in [5.41, 5.74) is 1.84. The van der Waals surface area contributed by atoms with Crippen LogP contribution in [0.4, 0.5) is 4.39 Å². The molecule has 4 rings (SSSR count). The van der Waals surface area contributed by atoms with E-state index in [0.717, 1.165) is 11.1 Å². The molecule has 2 aromatic carbocycles. The van der Waals surface area contributed by atoms with Crippen LogP contribution in [0.5, 0.6) is 0 Å². The van der Waals surface area contributed by atoms with Gasteiger partial charge in [0.1, 0.15) is 17.3 Å². The average molecular weight is 517 g/mol. The lowest BCUT2D eigenvalue weighted by Crippen LogP contribution is -1.91. The van der Waals surface area contributed by atoms with Crippen LogP contribution in [0.25, 0.3) is 12.2 Å². The molecule has 0 amide bonds. The predicted molar refractivity (Wildman–Crippen MR) is 137 cm³/mol. The van der Waals surface area contributed by atoms with Crippen LogP contribution in [0.2, 0.25) is 5.02 Å². The summed E-state index contributed by atoms with van der Waals surface area (Å²) in [6, 6.07) is 20.5. The van der Waals surface area contributed by atoms with Crippen LogP contribution in [0, 0.1) is 5.82 Å². The molecule has 8 heteroatoms. The Morgan fingerprint density at radius 2 is 1.15 bits per heavy atom. The zero-order valence-electron chi connectivity index (χ0n) is 18.0. The maximum Gasteiger partial charge on any atom is 0.127 e. The van der Waals surface area contributed by atoms with E-state index in [-0.39, 0.29) is 5.82 Å². The summed E-state index contributed by atoms with van der Waals surface area (Å²) in [7, 11) is -2.17. The Morgan fingerprint density at radius 1 is 0.706 bits per heavy atom. The van der Waals surface area contributed by atoms with Gasteiger partial charge < -0.3 is 8.83 Å². The zero-order chi connectivity index (χ0) is 24.2. The fraction of sp³-hybridized carbons (Fsp3) is 0.0769. The highest BCUT2D eigenvalue weighted by molar-refractivity contribution is 7.87. The number of halogens is 2. The molecule has 0 aliphatic rings. The van der Waals surface area contributed by atoms with E-state index >= 15 is 0 Å². The predicted octanol–water partition coefficient (Wildman–Crippen LogP) is 7.19. The van der Waals surface area contributed by atoms with Gasteiger partial charge >= 0.3 is 0 Å². The minimum Gasteiger partial charge on any atom is -0.465 e. The molecule has 176 valence electrons. The zero-order valence-corrected chi connectivity index (χ0v) is 20.4. The molecule has 2 aromatic heterocycles. The lowest BCUT2D eigenvalue weighted by Gasteiger charge is -1.98. The van der Waals surface area contributed by atoms with Crippen molar-refractivity contribution in [2.75, 3.05) is 0 Å². The number of hydrogen-bond donors (Lipinski definition) is 0. The van der Waals surface area contributed by atoms with Crippen molar-refractivity contribution in [2.45, 2.75) is 11.5 Å². The molecular weight excluding hydrogens is 495 g/mol. The van der Waals surface area contributed by atoms with Gasteiger partial charge in [-0.2, -0.15) is 0 Å². The smallest absolute Gasteiger partial charge is 0.127 e. The van der Waals surface area contributed by atoms with Crippen molar-refractivity contribution in [3.8, 4) is 0 Å². The summed E-state index contributed by atoms with van der Waals surface area (Å²) >= 11 is 5.77. The van der Waals surface area contributed by atoms with Gasteiger partial charge in [0.25, 0.3) is 0 Å². The molecule has 4 aromatic rings. The van der Waals surface area contributed by atoms with Gasteiger partial charge in [-0.15, -0.1) is 0 Å². The molecule has 0 bridgehead atoms. The van der Waals surface area contributed by atoms with Crippen molar-refractivity contribution in [3.05, 3.63) is 130 Å². The fourth-order valence-electron chi connectivity index (χ4n) is 2.64. The number of hydrogen-bond acceptors (Lipinski definition) is 4. The van der Waals surface area contributed by atoms with Crippen molar-refractivity contribution in [1.29, 1.82) is 0 Å². The van der Waals surface area contributed by atoms with Crippen molar-refractivity contribution in [3.63, 3.8) is 0 Å². The van der Waals surface area contributed by atoms with Crippen LogP contribution < -0.4 is 0 Å². The SMILES string of the molecule is O=S(C=Cc1ccco1)Cc1ccc(Cl)cc1.O=S(C=Cc1ccco1)Cc1ccc(F)cc1. The normalized spacial score (nSPS) is 13.0. The summed E-state index contributed by atoms with van der Waals surface area (Å²) < 4.78 is 46.3. The van der Waals surface area contributed by atoms with E-state index in [1.54, 1.807) is 78.0 Å². The Kier molecular flexibility index (Phi) is 10.3.